The van der Waals surface area contributed by atoms with Gasteiger partial charge in [0.2, 0.25) is 0 Å². The van der Waals surface area contributed by atoms with Crippen molar-refractivity contribution in [2.75, 3.05) is 11.9 Å². The normalized spacial score (nSPS) is 9.83. The number of nitrogens with zero attached hydrogens (tertiary/aromatic N) is 4. The van der Waals surface area contributed by atoms with Crippen LogP contribution in [-0.2, 0) is 6.54 Å². The van der Waals surface area contributed by atoms with Gasteiger partial charge in [-0.15, -0.1) is 0 Å². The Morgan fingerprint density at radius 2 is 2.17 bits per heavy atom. The second-order valence-electron chi connectivity index (χ2n) is 3.87. The highest BCUT2D eigenvalue weighted by Crippen LogP contribution is 2.16. The van der Waals surface area contributed by atoms with Crippen LogP contribution in [0.4, 0.5) is 5.82 Å². The third kappa shape index (κ3) is 3.05. The van der Waals surface area contributed by atoms with Gasteiger partial charge in [-0.2, -0.15) is 5.26 Å². The molecule has 0 aliphatic carbocycles. The van der Waals surface area contributed by atoms with E-state index in [9.17, 15) is 0 Å². The maximum absolute atomic E-state index is 8.86. The summed E-state index contributed by atoms with van der Waals surface area (Å²) in [6.07, 6.45) is 1.52. The summed E-state index contributed by atoms with van der Waals surface area (Å²) in [5.74, 6) is 0.833. The molecule has 5 heteroatoms. The number of halogens is 1. The first-order valence-corrected chi connectivity index (χ1v) is 6.16. The van der Waals surface area contributed by atoms with Gasteiger partial charge >= 0.3 is 0 Å². The highest BCUT2D eigenvalue weighted by atomic mass is 79.9. The van der Waals surface area contributed by atoms with Crippen molar-refractivity contribution in [1.82, 2.24) is 9.97 Å². The lowest BCUT2D eigenvalue weighted by atomic mass is 10.1. The van der Waals surface area contributed by atoms with Crippen LogP contribution in [0.3, 0.4) is 0 Å². The molecule has 0 unspecified atom stereocenters. The standard InChI is InChI=1S/C13H11BrN4/c1-18(13-6-12(14)16-9-17-13)8-11-4-2-3-10(5-11)7-15/h2-6,9H,8H2,1H3. The number of benzene rings is 1. The van der Waals surface area contributed by atoms with E-state index in [-0.39, 0.29) is 0 Å². The first-order chi connectivity index (χ1) is 8.69. The number of nitriles is 1. The lowest BCUT2D eigenvalue weighted by Gasteiger charge is -2.18. The minimum Gasteiger partial charge on any atom is -0.355 e. The number of aromatic nitrogens is 2. The van der Waals surface area contributed by atoms with Crippen LogP contribution >= 0.6 is 15.9 Å². The van der Waals surface area contributed by atoms with Gasteiger partial charge in [-0.05, 0) is 33.6 Å². The number of rotatable bonds is 3. The molecule has 0 saturated carbocycles. The second kappa shape index (κ2) is 5.61. The van der Waals surface area contributed by atoms with Crippen molar-refractivity contribution in [2.45, 2.75) is 6.54 Å². The molecule has 0 spiro atoms. The highest BCUT2D eigenvalue weighted by Gasteiger charge is 2.05. The summed E-state index contributed by atoms with van der Waals surface area (Å²) in [4.78, 5) is 10.2. The number of hydrogen-bond donors (Lipinski definition) is 0. The van der Waals surface area contributed by atoms with Crippen molar-refractivity contribution >= 4 is 21.7 Å². The molecule has 0 amide bonds. The summed E-state index contributed by atoms with van der Waals surface area (Å²) >= 11 is 3.32. The van der Waals surface area contributed by atoms with Crippen LogP contribution in [0.2, 0.25) is 0 Å². The summed E-state index contributed by atoms with van der Waals surface area (Å²) in [6, 6.07) is 11.6. The van der Waals surface area contributed by atoms with E-state index in [1.165, 1.54) is 6.33 Å². The Labute approximate surface area is 114 Å². The molecule has 2 rings (SSSR count). The Kier molecular flexibility index (Phi) is 3.90. The predicted molar refractivity (Wildman–Crippen MR) is 73.0 cm³/mol. The van der Waals surface area contributed by atoms with Gasteiger partial charge in [-0.1, -0.05) is 12.1 Å². The quantitative estimate of drug-likeness (QED) is 0.818. The van der Waals surface area contributed by atoms with E-state index < -0.39 is 0 Å². The summed E-state index contributed by atoms with van der Waals surface area (Å²) in [6.45, 7) is 0.693. The van der Waals surface area contributed by atoms with Crippen molar-refractivity contribution < 1.29 is 0 Å². The van der Waals surface area contributed by atoms with E-state index >= 15 is 0 Å². The Balaban J connectivity index is 2.16. The Hall–Kier alpha value is -1.93. The first-order valence-electron chi connectivity index (χ1n) is 5.37. The molecular weight excluding hydrogens is 292 g/mol. The fourth-order valence-corrected chi connectivity index (χ4v) is 1.92. The third-order valence-corrected chi connectivity index (χ3v) is 2.92. The summed E-state index contributed by atoms with van der Waals surface area (Å²) in [5, 5.41) is 8.86. The molecule has 0 radical (unpaired) electrons. The van der Waals surface area contributed by atoms with Gasteiger partial charge in [-0.25, -0.2) is 9.97 Å². The molecule has 1 aromatic carbocycles. The van der Waals surface area contributed by atoms with Gasteiger partial charge < -0.3 is 4.90 Å². The fraction of sp³-hybridized carbons (Fsp3) is 0.154. The van der Waals surface area contributed by atoms with E-state index in [1.807, 2.05) is 36.2 Å². The van der Waals surface area contributed by atoms with Crippen LogP contribution in [0.15, 0.2) is 41.3 Å². The van der Waals surface area contributed by atoms with E-state index in [4.69, 9.17) is 5.26 Å². The fourth-order valence-electron chi connectivity index (χ4n) is 1.63. The third-order valence-electron chi connectivity index (χ3n) is 2.49. The molecule has 2 aromatic rings. The molecule has 0 bridgehead atoms. The Bertz CT molecular complexity index is 592. The summed E-state index contributed by atoms with van der Waals surface area (Å²) in [5.41, 5.74) is 1.75. The molecular formula is C13H11BrN4. The highest BCUT2D eigenvalue weighted by molar-refractivity contribution is 9.10. The molecule has 0 fully saturated rings. The van der Waals surface area contributed by atoms with E-state index in [1.54, 1.807) is 6.07 Å². The largest absolute Gasteiger partial charge is 0.355 e. The van der Waals surface area contributed by atoms with Crippen LogP contribution in [0, 0.1) is 11.3 Å². The SMILES string of the molecule is CN(Cc1cccc(C#N)c1)c1cc(Br)ncn1. The van der Waals surface area contributed by atoms with E-state index in [2.05, 4.69) is 32.0 Å². The van der Waals surface area contributed by atoms with Gasteiger partial charge in [0.25, 0.3) is 0 Å². The molecule has 18 heavy (non-hydrogen) atoms. The molecule has 0 aliphatic rings. The number of hydrogen-bond acceptors (Lipinski definition) is 4. The van der Waals surface area contributed by atoms with Gasteiger partial charge in [0.15, 0.2) is 0 Å². The average Bonchev–Trinajstić information content (AvgIpc) is 2.39. The minimum absolute atomic E-state index is 0.671. The monoisotopic (exact) mass is 302 g/mol. The molecule has 1 heterocycles. The maximum atomic E-state index is 8.86. The van der Waals surface area contributed by atoms with E-state index in [0.29, 0.717) is 12.1 Å². The predicted octanol–water partition coefficient (Wildman–Crippen LogP) is 2.75. The maximum Gasteiger partial charge on any atom is 0.133 e. The van der Waals surface area contributed by atoms with Gasteiger partial charge in [0.1, 0.15) is 16.7 Å². The van der Waals surface area contributed by atoms with Crippen molar-refractivity contribution in [3.05, 3.63) is 52.4 Å². The average molecular weight is 303 g/mol. The minimum atomic E-state index is 0.671. The Morgan fingerprint density at radius 1 is 1.33 bits per heavy atom. The van der Waals surface area contributed by atoms with Crippen LogP contribution in [0.25, 0.3) is 0 Å². The second-order valence-corrected chi connectivity index (χ2v) is 4.68. The number of anilines is 1. The van der Waals surface area contributed by atoms with Crippen LogP contribution in [-0.4, -0.2) is 17.0 Å². The van der Waals surface area contributed by atoms with Crippen molar-refractivity contribution in [1.29, 1.82) is 5.26 Å². The molecule has 0 saturated heterocycles. The summed E-state index contributed by atoms with van der Waals surface area (Å²) in [7, 11) is 1.95. The topological polar surface area (TPSA) is 52.8 Å². The van der Waals surface area contributed by atoms with Crippen molar-refractivity contribution in [3.63, 3.8) is 0 Å². The molecule has 0 aliphatic heterocycles. The molecule has 0 atom stereocenters. The van der Waals surface area contributed by atoms with Crippen LogP contribution in [0.5, 0.6) is 0 Å². The van der Waals surface area contributed by atoms with Crippen molar-refractivity contribution in [2.24, 2.45) is 0 Å². The van der Waals surface area contributed by atoms with Gasteiger partial charge in [-0.3, -0.25) is 0 Å². The zero-order valence-electron chi connectivity index (χ0n) is 9.84. The van der Waals surface area contributed by atoms with E-state index in [0.717, 1.165) is 16.0 Å². The zero-order valence-corrected chi connectivity index (χ0v) is 11.4. The van der Waals surface area contributed by atoms with Gasteiger partial charge in [0, 0.05) is 19.7 Å². The first kappa shape index (κ1) is 12.5. The van der Waals surface area contributed by atoms with Crippen LogP contribution in [0.1, 0.15) is 11.1 Å². The lowest BCUT2D eigenvalue weighted by molar-refractivity contribution is 0.888. The molecule has 1 aromatic heterocycles. The van der Waals surface area contributed by atoms with Crippen LogP contribution < -0.4 is 4.90 Å². The molecule has 0 N–H and O–H groups in total. The summed E-state index contributed by atoms with van der Waals surface area (Å²) < 4.78 is 0.755. The van der Waals surface area contributed by atoms with Crippen molar-refractivity contribution in [3.8, 4) is 6.07 Å². The van der Waals surface area contributed by atoms with Gasteiger partial charge in [0.05, 0.1) is 11.6 Å². The Morgan fingerprint density at radius 3 is 2.89 bits per heavy atom. The molecule has 90 valence electrons. The lowest BCUT2D eigenvalue weighted by Crippen LogP contribution is -2.17. The molecule has 4 nitrogen and oxygen atoms in total. The smallest absolute Gasteiger partial charge is 0.133 e. The zero-order chi connectivity index (χ0) is 13.0.